The standard InChI is InChI=1S/C26H28F2N4O4/c1-16(33)29-12-19-14-32(26(35)36-19)18-8-9-23(22(28)11-18)30-13-17-5-4-10-31(24(17)15-30)25(34)20-6-2-3-7-21(20)27/h2-3,6-9,11,17,19,24H,4-5,10,12-15H2,1H3,(H,29,33)/t17?,19?,24-/m1/s1. The van der Waals surface area contributed by atoms with Crippen molar-refractivity contribution < 1.29 is 27.9 Å². The Morgan fingerprint density at radius 2 is 1.89 bits per heavy atom. The van der Waals surface area contributed by atoms with Crippen LogP contribution in [0.2, 0.25) is 0 Å². The number of carbonyl (C=O) groups excluding carboxylic acids is 3. The van der Waals surface area contributed by atoms with Crippen molar-refractivity contribution in [3.8, 4) is 0 Å². The summed E-state index contributed by atoms with van der Waals surface area (Å²) >= 11 is 0. The summed E-state index contributed by atoms with van der Waals surface area (Å²) in [4.78, 5) is 41.5. The second kappa shape index (κ2) is 9.75. The van der Waals surface area contributed by atoms with Crippen molar-refractivity contribution in [1.82, 2.24) is 10.2 Å². The van der Waals surface area contributed by atoms with Gasteiger partial charge in [-0.15, -0.1) is 0 Å². The molecule has 10 heteroatoms. The highest BCUT2D eigenvalue weighted by Gasteiger charge is 2.42. The van der Waals surface area contributed by atoms with E-state index in [-0.39, 0.29) is 42.4 Å². The molecule has 0 saturated carbocycles. The molecular formula is C26H28F2N4O4. The van der Waals surface area contributed by atoms with Crippen LogP contribution in [-0.4, -0.2) is 67.7 Å². The molecule has 2 aromatic carbocycles. The van der Waals surface area contributed by atoms with Crippen LogP contribution in [0.25, 0.3) is 0 Å². The summed E-state index contributed by atoms with van der Waals surface area (Å²) in [5.41, 5.74) is 0.829. The van der Waals surface area contributed by atoms with Crippen molar-refractivity contribution >= 4 is 29.3 Å². The fourth-order valence-corrected chi connectivity index (χ4v) is 5.44. The molecule has 3 atom stereocenters. The van der Waals surface area contributed by atoms with Gasteiger partial charge in [0.25, 0.3) is 5.91 Å². The predicted octanol–water partition coefficient (Wildman–Crippen LogP) is 3.17. The van der Waals surface area contributed by atoms with Gasteiger partial charge in [0.15, 0.2) is 0 Å². The van der Waals surface area contributed by atoms with E-state index < -0.39 is 23.8 Å². The van der Waals surface area contributed by atoms with Crippen LogP contribution >= 0.6 is 0 Å². The summed E-state index contributed by atoms with van der Waals surface area (Å²) in [7, 11) is 0. The highest BCUT2D eigenvalue weighted by Crippen LogP contribution is 2.36. The van der Waals surface area contributed by atoms with Gasteiger partial charge in [-0.05, 0) is 49.1 Å². The number of ether oxygens (including phenoxy) is 1. The average Bonchev–Trinajstić information content (AvgIpc) is 3.45. The maximum atomic E-state index is 15.3. The number of nitrogens with one attached hydrogen (secondary N) is 1. The van der Waals surface area contributed by atoms with Crippen molar-refractivity contribution in [2.24, 2.45) is 5.92 Å². The third-order valence-corrected chi connectivity index (χ3v) is 7.18. The first-order chi connectivity index (χ1) is 17.3. The predicted molar refractivity (Wildman–Crippen MR) is 129 cm³/mol. The zero-order chi connectivity index (χ0) is 25.4. The molecule has 0 aliphatic carbocycles. The van der Waals surface area contributed by atoms with Gasteiger partial charge in [0.05, 0.1) is 36.1 Å². The summed E-state index contributed by atoms with van der Waals surface area (Å²) in [6.45, 7) is 3.36. The number of nitrogens with zero attached hydrogens (tertiary/aromatic N) is 3. The lowest BCUT2D eigenvalue weighted by molar-refractivity contribution is -0.119. The summed E-state index contributed by atoms with van der Waals surface area (Å²) in [5, 5.41) is 2.61. The van der Waals surface area contributed by atoms with Crippen LogP contribution in [0.4, 0.5) is 25.0 Å². The maximum absolute atomic E-state index is 15.3. The third-order valence-electron chi connectivity index (χ3n) is 7.18. The summed E-state index contributed by atoms with van der Waals surface area (Å²) in [6, 6.07) is 10.5. The van der Waals surface area contributed by atoms with E-state index in [1.54, 1.807) is 29.2 Å². The number of fused-ring (bicyclic) bond motifs is 1. The van der Waals surface area contributed by atoms with E-state index in [0.29, 0.717) is 31.0 Å². The van der Waals surface area contributed by atoms with Crippen LogP contribution in [0.15, 0.2) is 42.5 Å². The van der Waals surface area contributed by atoms with Crippen molar-refractivity contribution in [1.29, 1.82) is 0 Å². The zero-order valence-electron chi connectivity index (χ0n) is 20.0. The van der Waals surface area contributed by atoms with Gasteiger partial charge < -0.3 is 19.9 Å². The van der Waals surface area contributed by atoms with E-state index in [4.69, 9.17) is 4.74 Å². The minimum atomic E-state index is -0.591. The molecule has 2 aromatic rings. The van der Waals surface area contributed by atoms with Gasteiger partial charge in [-0.1, -0.05) is 12.1 Å². The van der Waals surface area contributed by atoms with Gasteiger partial charge in [0.2, 0.25) is 5.91 Å². The Balaban J connectivity index is 1.29. The van der Waals surface area contributed by atoms with Crippen molar-refractivity contribution in [3.05, 3.63) is 59.7 Å². The third kappa shape index (κ3) is 4.59. The first-order valence-corrected chi connectivity index (χ1v) is 12.1. The zero-order valence-corrected chi connectivity index (χ0v) is 20.0. The lowest BCUT2D eigenvalue weighted by Gasteiger charge is -2.37. The van der Waals surface area contributed by atoms with Crippen molar-refractivity contribution in [3.63, 3.8) is 0 Å². The molecule has 5 rings (SSSR count). The number of piperidine rings is 1. The highest BCUT2D eigenvalue weighted by molar-refractivity contribution is 5.95. The van der Waals surface area contributed by atoms with E-state index in [1.165, 1.54) is 30.0 Å². The van der Waals surface area contributed by atoms with Gasteiger partial charge >= 0.3 is 6.09 Å². The number of hydrogen-bond acceptors (Lipinski definition) is 5. The number of hydrogen-bond donors (Lipinski definition) is 1. The number of rotatable bonds is 5. The van der Waals surface area contributed by atoms with E-state index >= 15 is 4.39 Å². The van der Waals surface area contributed by atoms with Crippen LogP contribution in [0, 0.1) is 17.6 Å². The van der Waals surface area contributed by atoms with Gasteiger partial charge in [-0.2, -0.15) is 0 Å². The van der Waals surface area contributed by atoms with Crippen molar-refractivity contribution in [2.75, 3.05) is 42.5 Å². The molecule has 3 fully saturated rings. The molecule has 36 heavy (non-hydrogen) atoms. The second-order valence-electron chi connectivity index (χ2n) is 9.54. The number of cyclic esters (lactones) is 1. The minimum Gasteiger partial charge on any atom is -0.442 e. The Morgan fingerprint density at radius 3 is 2.64 bits per heavy atom. The fourth-order valence-electron chi connectivity index (χ4n) is 5.44. The first-order valence-electron chi connectivity index (χ1n) is 12.1. The van der Waals surface area contributed by atoms with Crippen LogP contribution in [-0.2, 0) is 9.53 Å². The normalized spacial score (nSPS) is 23.5. The SMILES string of the molecule is CC(=O)NCC1CN(c2ccc(N3CC4CCCN(C(=O)c5ccccc5F)[C@@H]4C3)c(F)c2)C(=O)O1. The monoisotopic (exact) mass is 498 g/mol. The van der Waals surface area contributed by atoms with Gasteiger partial charge in [-0.25, -0.2) is 13.6 Å². The molecule has 0 radical (unpaired) electrons. The average molecular weight is 499 g/mol. The molecule has 0 spiro atoms. The van der Waals surface area contributed by atoms with E-state index in [2.05, 4.69) is 5.32 Å². The number of anilines is 2. The maximum Gasteiger partial charge on any atom is 0.414 e. The molecule has 190 valence electrons. The molecule has 0 aromatic heterocycles. The van der Waals surface area contributed by atoms with Crippen LogP contribution < -0.4 is 15.1 Å². The molecule has 3 heterocycles. The van der Waals surface area contributed by atoms with E-state index in [9.17, 15) is 18.8 Å². The number of benzene rings is 2. The number of carbonyl (C=O) groups is 3. The van der Waals surface area contributed by atoms with E-state index in [0.717, 1.165) is 12.8 Å². The molecular weight excluding hydrogens is 470 g/mol. The quantitative estimate of drug-likeness (QED) is 0.685. The van der Waals surface area contributed by atoms with Gasteiger partial charge in [0.1, 0.15) is 17.7 Å². The summed E-state index contributed by atoms with van der Waals surface area (Å²) in [6.07, 6.45) is 0.626. The molecule has 3 aliphatic heterocycles. The van der Waals surface area contributed by atoms with E-state index in [1.807, 2.05) is 4.90 Å². The van der Waals surface area contributed by atoms with Crippen LogP contribution in [0.5, 0.6) is 0 Å². The molecule has 8 nitrogen and oxygen atoms in total. The second-order valence-corrected chi connectivity index (χ2v) is 9.54. The highest BCUT2D eigenvalue weighted by atomic mass is 19.1. The lowest BCUT2D eigenvalue weighted by Crippen LogP contribution is -2.48. The van der Waals surface area contributed by atoms with Crippen LogP contribution in [0.3, 0.4) is 0 Å². The molecule has 3 amide bonds. The summed E-state index contributed by atoms with van der Waals surface area (Å²) in [5.74, 6) is -1.41. The Hall–Kier alpha value is -3.69. The molecule has 3 saturated heterocycles. The van der Waals surface area contributed by atoms with Crippen LogP contribution in [0.1, 0.15) is 30.1 Å². The van der Waals surface area contributed by atoms with Gasteiger partial charge in [0, 0.05) is 26.6 Å². The molecule has 0 bridgehead atoms. The Morgan fingerprint density at radius 1 is 1.08 bits per heavy atom. The van der Waals surface area contributed by atoms with Gasteiger partial charge in [-0.3, -0.25) is 14.5 Å². The molecule has 2 unspecified atom stereocenters. The van der Waals surface area contributed by atoms with Crippen molar-refractivity contribution in [2.45, 2.75) is 31.9 Å². The molecule has 3 aliphatic rings. The number of likely N-dealkylation sites (tertiary alicyclic amines) is 1. The fraction of sp³-hybridized carbons (Fsp3) is 0.423. The smallest absolute Gasteiger partial charge is 0.414 e. The summed E-state index contributed by atoms with van der Waals surface area (Å²) < 4.78 is 34.8. The Labute approximate surface area is 207 Å². The lowest BCUT2D eigenvalue weighted by atomic mass is 9.91. The Kier molecular flexibility index (Phi) is 6.51. The first kappa shape index (κ1) is 24.0. The molecule has 1 N–H and O–H groups in total. The Bertz CT molecular complexity index is 1190. The number of amides is 3. The largest absolute Gasteiger partial charge is 0.442 e. The number of halogens is 2. The minimum absolute atomic E-state index is 0.0569. The topological polar surface area (TPSA) is 82.2 Å².